The number of nitrogens with zero attached hydrogens (tertiary/aromatic N) is 1. The molecule has 1 N–H and O–H groups in total. The Bertz CT molecular complexity index is 548. The van der Waals surface area contributed by atoms with Crippen LogP contribution in [0.15, 0.2) is 6.07 Å². The van der Waals surface area contributed by atoms with Crippen molar-refractivity contribution in [2.24, 2.45) is 0 Å². The fourth-order valence-corrected chi connectivity index (χ4v) is 3.57. The Morgan fingerprint density at radius 3 is 2.64 bits per heavy atom. The van der Waals surface area contributed by atoms with Crippen LogP contribution in [0.2, 0.25) is 0 Å². The predicted octanol–water partition coefficient (Wildman–Crippen LogP) is 1.89. The van der Waals surface area contributed by atoms with E-state index in [0.717, 1.165) is 18.0 Å². The molecule has 6 nitrogen and oxygen atoms in total. The van der Waals surface area contributed by atoms with Crippen LogP contribution >= 0.6 is 11.3 Å². The van der Waals surface area contributed by atoms with E-state index in [2.05, 4.69) is 10.2 Å². The van der Waals surface area contributed by atoms with Crippen LogP contribution in [-0.4, -0.2) is 55.7 Å². The van der Waals surface area contributed by atoms with Gasteiger partial charge in [-0.15, -0.1) is 11.3 Å². The van der Waals surface area contributed by atoms with Crippen molar-refractivity contribution in [1.82, 2.24) is 4.90 Å². The number of carbonyl (C=O) groups is 2. The third kappa shape index (κ3) is 4.28. The van der Waals surface area contributed by atoms with Gasteiger partial charge >= 0.3 is 5.97 Å². The van der Waals surface area contributed by atoms with E-state index in [1.165, 1.54) is 18.4 Å². The van der Waals surface area contributed by atoms with Gasteiger partial charge in [-0.1, -0.05) is 0 Å². The highest BCUT2D eigenvalue weighted by Crippen LogP contribution is 2.28. The molecule has 2 unspecified atom stereocenters. The fourth-order valence-electron chi connectivity index (χ4n) is 2.65. The summed E-state index contributed by atoms with van der Waals surface area (Å²) in [6.45, 7) is 7.63. The quantitative estimate of drug-likeness (QED) is 0.856. The maximum atomic E-state index is 12.2. The van der Waals surface area contributed by atoms with Gasteiger partial charge in [0, 0.05) is 18.0 Å². The fraction of sp³-hybridized carbons (Fsp3) is 0.600. The summed E-state index contributed by atoms with van der Waals surface area (Å²) in [5.41, 5.74) is 0.405. The zero-order chi connectivity index (χ0) is 16.3. The second kappa shape index (κ2) is 7.21. The van der Waals surface area contributed by atoms with Gasteiger partial charge in [-0.05, 0) is 26.8 Å². The molecule has 1 aliphatic heterocycles. The summed E-state index contributed by atoms with van der Waals surface area (Å²) >= 11 is 1.37. The van der Waals surface area contributed by atoms with Crippen LogP contribution in [0.3, 0.4) is 0 Å². The molecule has 1 saturated heterocycles. The van der Waals surface area contributed by atoms with Crippen LogP contribution in [-0.2, 0) is 14.3 Å². The van der Waals surface area contributed by atoms with Crippen molar-refractivity contribution in [3.8, 4) is 0 Å². The van der Waals surface area contributed by atoms with E-state index in [0.29, 0.717) is 10.6 Å². The van der Waals surface area contributed by atoms with Crippen molar-refractivity contribution in [2.45, 2.75) is 33.0 Å². The molecule has 2 atom stereocenters. The smallest absolute Gasteiger partial charge is 0.340 e. The predicted molar refractivity (Wildman–Crippen MR) is 85.5 cm³/mol. The van der Waals surface area contributed by atoms with Crippen molar-refractivity contribution in [3.63, 3.8) is 0 Å². The van der Waals surface area contributed by atoms with Gasteiger partial charge in [0.15, 0.2) is 0 Å². The van der Waals surface area contributed by atoms with Crippen LogP contribution in [0.1, 0.15) is 29.1 Å². The van der Waals surface area contributed by atoms with Gasteiger partial charge in [0.1, 0.15) is 5.00 Å². The molecule has 0 aromatic carbocycles. The molecule has 7 heteroatoms. The molecule has 1 aromatic rings. The Balaban J connectivity index is 1.99. The minimum atomic E-state index is -0.437. The summed E-state index contributed by atoms with van der Waals surface area (Å²) in [4.78, 5) is 26.9. The Labute approximate surface area is 134 Å². The summed E-state index contributed by atoms with van der Waals surface area (Å²) in [5.74, 6) is -0.568. The maximum absolute atomic E-state index is 12.2. The molecule has 122 valence electrons. The molecule has 1 amide bonds. The minimum absolute atomic E-state index is 0.117. The van der Waals surface area contributed by atoms with Gasteiger partial charge in [0.25, 0.3) is 0 Å². The molecule has 1 fully saturated rings. The first-order chi connectivity index (χ1) is 10.4. The van der Waals surface area contributed by atoms with Gasteiger partial charge in [-0.2, -0.15) is 0 Å². The van der Waals surface area contributed by atoms with Gasteiger partial charge in [-0.25, -0.2) is 4.79 Å². The number of hydrogen-bond donors (Lipinski definition) is 1. The Morgan fingerprint density at radius 2 is 2.05 bits per heavy atom. The number of anilines is 1. The molecular weight excluding hydrogens is 304 g/mol. The largest absolute Gasteiger partial charge is 0.465 e. The van der Waals surface area contributed by atoms with Crippen LogP contribution in [0.4, 0.5) is 5.00 Å². The third-order valence-corrected chi connectivity index (χ3v) is 4.34. The van der Waals surface area contributed by atoms with Gasteiger partial charge < -0.3 is 14.8 Å². The molecule has 22 heavy (non-hydrogen) atoms. The summed E-state index contributed by atoms with van der Waals surface area (Å²) < 4.78 is 10.4. The lowest BCUT2D eigenvalue weighted by Gasteiger charge is -2.34. The Kier molecular flexibility index (Phi) is 5.55. The standard InChI is InChI=1S/C15H22N2O4S/c1-9-6-17(7-10(2)21-9)8-13(18)16-14-12(15(19)20-4)5-11(3)22-14/h5,9-10H,6-8H2,1-4H3,(H,16,18). The van der Waals surface area contributed by atoms with Crippen LogP contribution in [0.25, 0.3) is 0 Å². The molecule has 0 radical (unpaired) electrons. The first kappa shape index (κ1) is 16.9. The van der Waals surface area contributed by atoms with Crippen molar-refractivity contribution < 1.29 is 19.1 Å². The minimum Gasteiger partial charge on any atom is -0.465 e. The SMILES string of the molecule is COC(=O)c1cc(C)sc1NC(=O)CN1CC(C)OC(C)C1. The van der Waals surface area contributed by atoms with Crippen molar-refractivity contribution in [1.29, 1.82) is 0 Å². The van der Waals surface area contributed by atoms with E-state index in [1.807, 2.05) is 20.8 Å². The van der Waals surface area contributed by atoms with E-state index in [9.17, 15) is 9.59 Å². The lowest BCUT2D eigenvalue weighted by atomic mass is 10.2. The lowest BCUT2D eigenvalue weighted by molar-refractivity contribution is -0.121. The van der Waals surface area contributed by atoms with Crippen molar-refractivity contribution in [2.75, 3.05) is 32.1 Å². The number of hydrogen-bond acceptors (Lipinski definition) is 6. The second-order valence-electron chi connectivity index (χ2n) is 5.59. The first-order valence-electron chi connectivity index (χ1n) is 7.25. The highest BCUT2D eigenvalue weighted by atomic mass is 32.1. The highest BCUT2D eigenvalue weighted by molar-refractivity contribution is 7.16. The number of methoxy groups -OCH3 is 1. The van der Waals surface area contributed by atoms with E-state index in [4.69, 9.17) is 9.47 Å². The van der Waals surface area contributed by atoms with Crippen LogP contribution in [0, 0.1) is 6.92 Å². The average Bonchev–Trinajstić information content (AvgIpc) is 2.77. The lowest BCUT2D eigenvalue weighted by Crippen LogP contribution is -2.48. The molecule has 0 bridgehead atoms. The van der Waals surface area contributed by atoms with E-state index in [-0.39, 0.29) is 24.7 Å². The molecule has 0 saturated carbocycles. The number of rotatable bonds is 4. The number of aryl methyl sites for hydroxylation is 1. The van der Waals surface area contributed by atoms with Crippen LogP contribution < -0.4 is 5.32 Å². The molecule has 2 rings (SSSR count). The molecule has 1 aliphatic rings. The average molecular weight is 326 g/mol. The third-order valence-electron chi connectivity index (χ3n) is 3.38. The van der Waals surface area contributed by atoms with Gasteiger partial charge in [0.05, 0.1) is 31.4 Å². The summed E-state index contributed by atoms with van der Waals surface area (Å²) in [6, 6.07) is 1.73. The molecule has 1 aromatic heterocycles. The molecule has 0 spiro atoms. The number of ether oxygens (including phenoxy) is 2. The number of thiophene rings is 1. The van der Waals surface area contributed by atoms with Gasteiger partial charge in [0.2, 0.25) is 5.91 Å². The number of carbonyl (C=O) groups excluding carboxylic acids is 2. The zero-order valence-corrected chi connectivity index (χ0v) is 14.2. The summed E-state index contributed by atoms with van der Waals surface area (Å²) in [6.07, 6.45) is 0.234. The number of esters is 1. The Hall–Kier alpha value is -1.44. The van der Waals surface area contributed by atoms with Crippen molar-refractivity contribution >= 4 is 28.2 Å². The normalized spacial score (nSPS) is 22.4. The monoisotopic (exact) mass is 326 g/mol. The first-order valence-corrected chi connectivity index (χ1v) is 8.07. The number of amides is 1. The molecular formula is C15H22N2O4S. The topological polar surface area (TPSA) is 67.9 Å². The molecule has 0 aliphatic carbocycles. The van der Waals surface area contributed by atoms with Gasteiger partial charge in [-0.3, -0.25) is 9.69 Å². The second-order valence-corrected chi connectivity index (χ2v) is 6.85. The molecule has 2 heterocycles. The van der Waals surface area contributed by atoms with Crippen LogP contribution in [0.5, 0.6) is 0 Å². The zero-order valence-electron chi connectivity index (χ0n) is 13.3. The number of morpholine rings is 1. The van der Waals surface area contributed by atoms with E-state index < -0.39 is 5.97 Å². The van der Waals surface area contributed by atoms with E-state index in [1.54, 1.807) is 6.07 Å². The maximum Gasteiger partial charge on any atom is 0.340 e. The summed E-state index contributed by atoms with van der Waals surface area (Å²) in [7, 11) is 1.33. The highest BCUT2D eigenvalue weighted by Gasteiger charge is 2.24. The summed E-state index contributed by atoms with van der Waals surface area (Å²) in [5, 5.41) is 3.36. The number of nitrogens with one attached hydrogen (secondary N) is 1. The Morgan fingerprint density at radius 1 is 1.41 bits per heavy atom. The van der Waals surface area contributed by atoms with Crippen molar-refractivity contribution in [3.05, 3.63) is 16.5 Å². The van der Waals surface area contributed by atoms with E-state index >= 15 is 0 Å².